The summed E-state index contributed by atoms with van der Waals surface area (Å²) in [6, 6.07) is 7.40. The zero-order valence-corrected chi connectivity index (χ0v) is 21.7. The van der Waals surface area contributed by atoms with Crippen molar-refractivity contribution in [2.75, 3.05) is 6.61 Å². The molecule has 184 valence electrons. The molecule has 2 unspecified atom stereocenters. The second-order valence-electron chi connectivity index (χ2n) is 9.65. The van der Waals surface area contributed by atoms with E-state index in [2.05, 4.69) is 34.6 Å². The molecule has 2 atom stereocenters. The van der Waals surface area contributed by atoms with Gasteiger partial charge in [0.05, 0.1) is 12.2 Å². The Balaban J connectivity index is 2.41. The number of hydrogen-bond donors (Lipinski definition) is 0. The summed E-state index contributed by atoms with van der Waals surface area (Å²) in [5.41, 5.74) is 0.175. The normalized spacial score (nSPS) is 14.0. The topological polar surface area (TPSA) is 35.5 Å². The van der Waals surface area contributed by atoms with Crippen molar-refractivity contribution in [1.82, 2.24) is 0 Å². The Morgan fingerprint density at radius 3 is 1.91 bits per heavy atom. The average molecular weight is 447 g/mol. The van der Waals surface area contributed by atoms with E-state index in [0.29, 0.717) is 11.5 Å². The van der Waals surface area contributed by atoms with E-state index in [4.69, 9.17) is 9.47 Å². The third-order valence-electron chi connectivity index (χ3n) is 6.92. The van der Waals surface area contributed by atoms with Gasteiger partial charge >= 0.3 is 5.97 Å². The third kappa shape index (κ3) is 11.4. The molecule has 0 aliphatic heterocycles. The molecule has 0 aromatic heterocycles. The predicted molar refractivity (Wildman–Crippen MR) is 137 cm³/mol. The highest BCUT2D eigenvalue weighted by molar-refractivity contribution is 5.89. The van der Waals surface area contributed by atoms with Crippen LogP contribution in [0.15, 0.2) is 24.3 Å². The highest BCUT2D eigenvalue weighted by Crippen LogP contribution is 2.31. The van der Waals surface area contributed by atoms with Crippen LogP contribution in [0.2, 0.25) is 0 Å². The largest absolute Gasteiger partial charge is 0.494 e. The number of rotatable bonds is 19. The molecule has 0 saturated carbocycles. The summed E-state index contributed by atoms with van der Waals surface area (Å²) in [5.74, 6) is 0.938. The molecule has 0 radical (unpaired) electrons. The lowest BCUT2D eigenvalue weighted by molar-refractivity contribution is -0.0412. The van der Waals surface area contributed by atoms with E-state index in [1.165, 1.54) is 70.6 Å². The van der Waals surface area contributed by atoms with Crippen LogP contribution in [0.4, 0.5) is 0 Å². The van der Waals surface area contributed by atoms with E-state index in [1.807, 2.05) is 24.3 Å². The Morgan fingerprint density at radius 1 is 0.812 bits per heavy atom. The average Bonchev–Trinajstić information content (AvgIpc) is 2.80. The highest BCUT2D eigenvalue weighted by Gasteiger charge is 2.33. The minimum absolute atomic E-state index is 0.230. The summed E-state index contributed by atoms with van der Waals surface area (Å²) >= 11 is 0. The summed E-state index contributed by atoms with van der Waals surface area (Å²) in [6.45, 7) is 11.6. The van der Waals surface area contributed by atoms with Gasteiger partial charge in [0.25, 0.3) is 0 Å². The first-order valence-corrected chi connectivity index (χ1v) is 13.4. The summed E-state index contributed by atoms with van der Waals surface area (Å²) in [5, 5.41) is 0. The van der Waals surface area contributed by atoms with Crippen molar-refractivity contribution in [3.8, 4) is 5.75 Å². The van der Waals surface area contributed by atoms with Gasteiger partial charge < -0.3 is 9.47 Å². The Hall–Kier alpha value is -1.51. The highest BCUT2D eigenvalue weighted by atomic mass is 16.6. The van der Waals surface area contributed by atoms with Gasteiger partial charge in [-0.15, -0.1) is 0 Å². The van der Waals surface area contributed by atoms with Crippen LogP contribution in [0.5, 0.6) is 5.75 Å². The molecule has 0 saturated heterocycles. The zero-order chi connectivity index (χ0) is 23.7. The number of hydrogen-bond acceptors (Lipinski definition) is 3. The van der Waals surface area contributed by atoms with Gasteiger partial charge in [0.1, 0.15) is 11.4 Å². The molecule has 0 amide bonds. The van der Waals surface area contributed by atoms with E-state index in [0.717, 1.165) is 31.6 Å². The van der Waals surface area contributed by atoms with Crippen LogP contribution in [0, 0.1) is 5.92 Å². The number of benzene rings is 1. The lowest BCUT2D eigenvalue weighted by Crippen LogP contribution is -2.38. The number of ether oxygens (including phenoxy) is 2. The summed E-state index contributed by atoms with van der Waals surface area (Å²) < 4.78 is 11.8. The van der Waals surface area contributed by atoms with E-state index in [9.17, 15) is 4.79 Å². The number of esters is 1. The van der Waals surface area contributed by atoms with E-state index >= 15 is 0 Å². The summed E-state index contributed by atoms with van der Waals surface area (Å²) in [6.07, 6.45) is 17.3. The van der Waals surface area contributed by atoms with Crippen LogP contribution in [0.1, 0.15) is 135 Å². The molecule has 1 aromatic rings. The van der Waals surface area contributed by atoms with Crippen LogP contribution < -0.4 is 4.74 Å². The first-order chi connectivity index (χ1) is 15.5. The quantitative estimate of drug-likeness (QED) is 0.157. The first kappa shape index (κ1) is 28.5. The maximum absolute atomic E-state index is 12.8. The van der Waals surface area contributed by atoms with Crippen LogP contribution in [0.25, 0.3) is 0 Å². The standard InChI is InChI=1S/C29H50O3/c1-6-9-11-13-14-15-16-17-19-25(4)29(5,8-3)32-28(30)26-20-22-27(23-21-26)31-24-18-12-10-7-2/h20-23,25H,6-19,24H2,1-5H3. The fourth-order valence-electron chi connectivity index (χ4n) is 4.09. The number of carbonyl (C=O) groups is 1. The Bertz CT molecular complexity index is 595. The Labute approximate surface area is 198 Å². The van der Waals surface area contributed by atoms with Crippen molar-refractivity contribution >= 4 is 5.97 Å². The van der Waals surface area contributed by atoms with Gasteiger partial charge in [-0.1, -0.05) is 98.3 Å². The van der Waals surface area contributed by atoms with Crippen LogP contribution in [-0.2, 0) is 4.74 Å². The van der Waals surface area contributed by atoms with Crippen LogP contribution in [-0.4, -0.2) is 18.2 Å². The lowest BCUT2D eigenvalue weighted by Gasteiger charge is -2.34. The molecule has 32 heavy (non-hydrogen) atoms. The molecule has 0 fully saturated rings. The van der Waals surface area contributed by atoms with Gasteiger partial charge in [0, 0.05) is 0 Å². The maximum Gasteiger partial charge on any atom is 0.338 e. The number of carbonyl (C=O) groups excluding carboxylic acids is 1. The third-order valence-corrected chi connectivity index (χ3v) is 6.92. The van der Waals surface area contributed by atoms with Crippen LogP contribution >= 0.6 is 0 Å². The van der Waals surface area contributed by atoms with E-state index in [1.54, 1.807) is 0 Å². The summed E-state index contributed by atoms with van der Waals surface area (Å²) in [4.78, 5) is 12.8. The molecule has 0 aliphatic rings. The molecular formula is C29H50O3. The molecule has 3 nitrogen and oxygen atoms in total. The van der Waals surface area contributed by atoms with Crippen LogP contribution in [0.3, 0.4) is 0 Å². The predicted octanol–water partition coefficient (Wildman–Crippen LogP) is 9.14. The van der Waals surface area contributed by atoms with E-state index in [-0.39, 0.29) is 5.97 Å². The second-order valence-corrected chi connectivity index (χ2v) is 9.65. The Kier molecular flexibility index (Phi) is 15.2. The van der Waals surface area contributed by atoms with Gasteiger partial charge in [0.15, 0.2) is 0 Å². The second kappa shape index (κ2) is 17.0. The van der Waals surface area contributed by atoms with Crippen molar-refractivity contribution in [1.29, 1.82) is 0 Å². The monoisotopic (exact) mass is 446 g/mol. The fourth-order valence-corrected chi connectivity index (χ4v) is 4.09. The van der Waals surface area contributed by atoms with Gasteiger partial charge in [-0.2, -0.15) is 0 Å². The molecule has 0 aliphatic carbocycles. The number of unbranched alkanes of at least 4 members (excludes halogenated alkanes) is 10. The van der Waals surface area contributed by atoms with Gasteiger partial charge in [-0.25, -0.2) is 4.79 Å². The first-order valence-electron chi connectivity index (χ1n) is 13.4. The lowest BCUT2D eigenvalue weighted by atomic mass is 9.84. The molecule has 0 heterocycles. The van der Waals surface area contributed by atoms with Crippen molar-refractivity contribution in [2.45, 2.75) is 130 Å². The van der Waals surface area contributed by atoms with Crippen molar-refractivity contribution in [3.05, 3.63) is 29.8 Å². The minimum Gasteiger partial charge on any atom is -0.494 e. The van der Waals surface area contributed by atoms with Crippen molar-refractivity contribution in [3.63, 3.8) is 0 Å². The molecule has 1 aromatic carbocycles. The SMILES string of the molecule is CCCCCCCCCCC(C)C(C)(CC)OC(=O)c1ccc(OCCCCCC)cc1. The van der Waals surface area contributed by atoms with Crippen molar-refractivity contribution in [2.24, 2.45) is 5.92 Å². The van der Waals surface area contributed by atoms with E-state index < -0.39 is 5.60 Å². The molecule has 0 spiro atoms. The van der Waals surface area contributed by atoms with Gasteiger partial charge in [0.2, 0.25) is 0 Å². The van der Waals surface area contributed by atoms with Crippen molar-refractivity contribution < 1.29 is 14.3 Å². The molecule has 0 bridgehead atoms. The van der Waals surface area contributed by atoms with Gasteiger partial charge in [-0.05, 0) is 56.4 Å². The fraction of sp³-hybridized carbons (Fsp3) is 0.759. The summed E-state index contributed by atoms with van der Waals surface area (Å²) in [7, 11) is 0. The molecule has 0 N–H and O–H groups in total. The molecule has 1 rings (SSSR count). The smallest absolute Gasteiger partial charge is 0.338 e. The maximum atomic E-state index is 12.8. The zero-order valence-electron chi connectivity index (χ0n) is 21.7. The minimum atomic E-state index is -0.424. The Morgan fingerprint density at radius 2 is 1.34 bits per heavy atom. The molecular weight excluding hydrogens is 396 g/mol. The van der Waals surface area contributed by atoms with Gasteiger partial charge in [-0.3, -0.25) is 0 Å². The molecule has 3 heteroatoms.